The van der Waals surface area contributed by atoms with Crippen molar-refractivity contribution in [2.24, 2.45) is 0 Å². The Balaban J connectivity index is 2.35. The molecule has 6 heteroatoms. The van der Waals surface area contributed by atoms with E-state index in [1.807, 2.05) is 13.8 Å². The number of rotatable bonds is 3. The molecule has 104 valence electrons. The largest absolute Gasteiger partial charge is 0.391 e. The fraction of sp³-hybridized carbons (Fsp3) is 0.692. The number of aromatic nitrogens is 2. The third-order valence-corrected chi connectivity index (χ3v) is 3.49. The Kier molecular flexibility index (Phi) is 3.96. The molecule has 1 aliphatic rings. The van der Waals surface area contributed by atoms with Crippen LogP contribution in [0, 0.1) is 11.3 Å². The Morgan fingerprint density at radius 3 is 2.74 bits per heavy atom. The molecule has 0 aliphatic heterocycles. The lowest BCUT2D eigenvalue weighted by molar-refractivity contribution is 0.0707. The van der Waals surface area contributed by atoms with Crippen LogP contribution in [0.3, 0.4) is 0 Å². The van der Waals surface area contributed by atoms with Gasteiger partial charge in [0.15, 0.2) is 5.82 Å². The van der Waals surface area contributed by atoms with Crippen molar-refractivity contribution in [1.82, 2.24) is 9.78 Å². The molecule has 0 aromatic carbocycles. The van der Waals surface area contributed by atoms with Crippen LogP contribution in [0.15, 0.2) is 0 Å². The normalized spacial score (nSPS) is 23.3. The number of nitrogens with two attached hydrogens (primary N) is 1. The first-order valence-corrected chi connectivity index (χ1v) is 6.77. The van der Waals surface area contributed by atoms with Crippen molar-refractivity contribution in [3.05, 3.63) is 5.56 Å². The van der Waals surface area contributed by atoms with E-state index in [0.29, 0.717) is 17.2 Å². The summed E-state index contributed by atoms with van der Waals surface area (Å²) >= 11 is 0. The van der Waals surface area contributed by atoms with Crippen molar-refractivity contribution in [2.75, 3.05) is 11.1 Å². The molecule has 6 nitrogen and oxygen atoms in total. The predicted octanol–water partition coefficient (Wildman–Crippen LogP) is 1.63. The fourth-order valence-corrected chi connectivity index (χ4v) is 2.56. The summed E-state index contributed by atoms with van der Waals surface area (Å²) in [5, 5.41) is 26.8. The SMILES string of the molecule is CC(C)Nc1nn(C2CCCCC2O)c(N)c1C#N. The molecule has 1 fully saturated rings. The van der Waals surface area contributed by atoms with E-state index in [4.69, 9.17) is 5.73 Å². The van der Waals surface area contributed by atoms with Gasteiger partial charge in [0.25, 0.3) is 0 Å². The first kappa shape index (κ1) is 13.7. The molecule has 0 spiro atoms. The maximum Gasteiger partial charge on any atom is 0.168 e. The van der Waals surface area contributed by atoms with Crippen molar-refractivity contribution < 1.29 is 5.11 Å². The van der Waals surface area contributed by atoms with Gasteiger partial charge >= 0.3 is 0 Å². The Morgan fingerprint density at radius 2 is 2.16 bits per heavy atom. The molecule has 0 saturated heterocycles. The zero-order chi connectivity index (χ0) is 14.0. The van der Waals surface area contributed by atoms with Gasteiger partial charge in [-0.05, 0) is 26.7 Å². The second-order valence-corrected chi connectivity index (χ2v) is 5.38. The predicted molar refractivity (Wildman–Crippen MR) is 73.6 cm³/mol. The van der Waals surface area contributed by atoms with E-state index in [1.54, 1.807) is 4.68 Å². The van der Waals surface area contributed by atoms with Crippen LogP contribution in [-0.4, -0.2) is 27.0 Å². The molecule has 19 heavy (non-hydrogen) atoms. The minimum absolute atomic E-state index is 0.122. The van der Waals surface area contributed by atoms with Crippen LogP contribution in [0.25, 0.3) is 0 Å². The van der Waals surface area contributed by atoms with E-state index in [0.717, 1.165) is 25.7 Å². The number of hydrogen-bond donors (Lipinski definition) is 3. The van der Waals surface area contributed by atoms with Crippen LogP contribution >= 0.6 is 0 Å². The monoisotopic (exact) mass is 263 g/mol. The second kappa shape index (κ2) is 5.49. The standard InChI is InChI=1S/C13H21N5O/c1-8(2)16-13-9(7-14)12(15)18(17-13)10-5-3-4-6-11(10)19/h8,10-11,19H,3-6,15H2,1-2H3,(H,16,17). The van der Waals surface area contributed by atoms with Crippen LogP contribution < -0.4 is 11.1 Å². The molecule has 1 aromatic heterocycles. The molecule has 2 rings (SSSR count). The molecule has 2 unspecified atom stereocenters. The van der Waals surface area contributed by atoms with Gasteiger partial charge in [0.2, 0.25) is 0 Å². The van der Waals surface area contributed by atoms with Crippen LogP contribution in [0.1, 0.15) is 51.1 Å². The van der Waals surface area contributed by atoms with Gasteiger partial charge < -0.3 is 16.2 Å². The summed E-state index contributed by atoms with van der Waals surface area (Å²) in [5.41, 5.74) is 6.38. The highest BCUT2D eigenvalue weighted by molar-refractivity contribution is 5.64. The first-order chi connectivity index (χ1) is 9.04. The molecule has 0 amide bonds. The third-order valence-electron chi connectivity index (χ3n) is 3.49. The summed E-state index contributed by atoms with van der Waals surface area (Å²) in [6.45, 7) is 3.96. The van der Waals surface area contributed by atoms with Crippen molar-refractivity contribution in [1.29, 1.82) is 5.26 Å². The van der Waals surface area contributed by atoms with Gasteiger partial charge in [0.1, 0.15) is 17.5 Å². The van der Waals surface area contributed by atoms with Gasteiger partial charge in [-0.25, -0.2) is 4.68 Å². The number of aliphatic hydroxyl groups is 1. The average Bonchev–Trinajstić information content (AvgIpc) is 2.65. The van der Waals surface area contributed by atoms with Gasteiger partial charge in [-0.3, -0.25) is 0 Å². The Bertz CT molecular complexity index is 488. The minimum Gasteiger partial charge on any atom is -0.391 e. The summed E-state index contributed by atoms with van der Waals surface area (Å²) in [4.78, 5) is 0. The van der Waals surface area contributed by atoms with Crippen LogP contribution in [-0.2, 0) is 0 Å². The van der Waals surface area contributed by atoms with E-state index in [2.05, 4.69) is 16.5 Å². The molecule has 0 bridgehead atoms. The third kappa shape index (κ3) is 2.66. The average molecular weight is 263 g/mol. The second-order valence-electron chi connectivity index (χ2n) is 5.38. The first-order valence-electron chi connectivity index (χ1n) is 6.77. The molecule has 2 atom stereocenters. The van der Waals surface area contributed by atoms with Gasteiger partial charge in [-0.15, -0.1) is 0 Å². The summed E-state index contributed by atoms with van der Waals surface area (Å²) in [6.07, 6.45) is 3.25. The topological polar surface area (TPSA) is 99.9 Å². The molecule has 0 radical (unpaired) electrons. The Hall–Kier alpha value is -1.74. The minimum atomic E-state index is -0.436. The summed E-state index contributed by atoms with van der Waals surface area (Å²) in [7, 11) is 0. The van der Waals surface area contributed by atoms with Crippen molar-refractivity contribution in [3.8, 4) is 6.07 Å². The van der Waals surface area contributed by atoms with Gasteiger partial charge in [0.05, 0.1) is 12.1 Å². The Labute approximate surface area is 113 Å². The summed E-state index contributed by atoms with van der Waals surface area (Å²) in [5.74, 6) is 0.851. The van der Waals surface area contributed by atoms with Crippen molar-refractivity contribution >= 4 is 11.6 Å². The molecule has 1 heterocycles. The molecule has 1 aromatic rings. The van der Waals surface area contributed by atoms with Crippen molar-refractivity contribution in [3.63, 3.8) is 0 Å². The van der Waals surface area contributed by atoms with Gasteiger partial charge in [0, 0.05) is 6.04 Å². The lowest BCUT2D eigenvalue weighted by atomic mass is 9.93. The van der Waals surface area contributed by atoms with Crippen LogP contribution in [0.5, 0.6) is 0 Å². The van der Waals surface area contributed by atoms with Gasteiger partial charge in [-0.2, -0.15) is 10.4 Å². The highest BCUT2D eigenvalue weighted by Gasteiger charge is 2.29. The fourth-order valence-electron chi connectivity index (χ4n) is 2.56. The maximum atomic E-state index is 10.1. The maximum absolute atomic E-state index is 10.1. The Morgan fingerprint density at radius 1 is 1.47 bits per heavy atom. The van der Waals surface area contributed by atoms with Crippen LogP contribution in [0.4, 0.5) is 11.6 Å². The van der Waals surface area contributed by atoms with Crippen LogP contribution in [0.2, 0.25) is 0 Å². The zero-order valence-corrected chi connectivity index (χ0v) is 11.4. The highest BCUT2D eigenvalue weighted by Crippen LogP contribution is 2.33. The molecule has 1 saturated carbocycles. The van der Waals surface area contributed by atoms with E-state index in [1.165, 1.54) is 0 Å². The molecular formula is C13H21N5O. The lowest BCUT2D eigenvalue weighted by Gasteiger charge is -2.28. The number of nitriles is 1. The quantitative estimate of drug-likeness (QED) is 0.769. The van der Waals surface area contributed by atoms with Gasteiger partial charge in [-0.1, -0.05) is 12.8 Å². The number of nitrogen functional groups attached to an aromatic ring is 1. The molecule has 4 N–H and O–H groups in total. The number of aliphatic hydroxyl groups excluding tert-OH is 1. The summed E-state index contributed by atoms with van der Waals surface area (Å²) in [6, 6.07) is 2.14. The molecular weight excluding hydrogens is 242 g/mol. The highest BCUT2D eigenvalue weighted by atomic mass is 16.3. The smallest absolute Gasteiger partial charge is 0.168 e. The van der Waals surface area contributed by atoms with E-state index >= 15 is 0 Å². The van der Waals surface area contributed by atoms with Crippen molar-refractivity contribution in [2.45, 2.75) is 57.7 Å². The van der Waals surface area contributed by atoms with E-state index in [-0.39, 0.29) is 12.1 Å². The lowest BCUT2D eigenvalue weighted by Crippen LogP contribution is -2.29. The number of anilines is 2. The van der Waals surface area contributed by atoms with E-state index in [9.17, 15) is 10.4 Å². The zero-order valence-electron chi connectivity index (χ0n) is 11.4. The molecule has 1 aliphatic carbocycles. The van der Waals surface area contributed by atoms with E-state index < -0.39 is 6.10 Å². The number of nitrogens with zero attached hydrogens (tertiary/aromatic N) is 3. The summed E-state index contributed by atoms with van der Waals surface area (Å²) < 4.78 is 1.62. The number of hydrogen-bond acceptors (Lipinski definition) is 5. The number of nitrogens with one attached hydrogen (secondary N) is 1.